The highest BCUT2D eigenvalue weighted by Crippen LogP contribution is 2.70. The van der Waals surface area contributed by atoms with Crippen molar-refractivity contribution in [1.29, 1.82) is 0 Å². The Morgan fingerprint density at radius 3 is 1.89 bits per heavy atom. The summed E-state index contributed by atoms with van der Waals surface area (Å²) < 4.78 is 42.1. The molecule has 0 unspecified atom stereocenters. The molecule has 4 saturated carbocycles. The van der Waals surface area contributed by atoms with Crippen LogP contribution in [-0.4, -0.2) is 111 Å². The molecule has 3 aliphatic heterocycles. The third-order valence-electron chi connectivity index (χ3n) is 15.7. The summed E-state index contributed by atoms with van der Waals surface area (Å²) in [5.41, 5.74) is 0.0311. The molecular weight excluding hydrogens is 700 g/mol. The van der Waals surface area contributed by atoms with Gasteiger partial charge in [-0.15, -0.1) is 0 Å². The summed E-state index contributed by atoms with van der Waals surface area (Å²) in [5.74, 6) is 0.992. The lowest BCUT2D eigenvalue weighted by molar-refractivity contribution is -0.336. The van der Waals surface area contributed by atoms with Gasteiger partial charge in [0.15, 0.2) is 18.9 Å². The Hall–Kier alpha value is -1.36. The summed E-state index contributed by atoms with van der Waals surface area (Å²) >= 11 is 0. The van der Waals surface area contributed by atoms with Gasteiger partial charge in [-0.25, -0.2) is 0 Å². The van der Waals surface area contributed by atoms with Crippen LogP contribution in [0.1, 0.15) is 123 Å². The van der Waals surface area contributed by atoms with Crippen LogP contribution in [0.25, 0.3) is 0 Å². The molecule has 0 amide bonds. The molecular formula is C41H63O13-. The van der Waals surface area contributed by atoms with E-state index in [4.69, 9.17) is 32.8 Å². The van der Waals surface area contributed by atoms with Crippen molar-refractivity contribution in [3.05, 3.63) is 17.9 Å². The van der Waals surface area contributed by atoms with Gasteiger partial charge in [0.25, 0.3) is 0 Å². The number of fused-ring (bicyclic) bond motifs is 5. The first kappa shape index (κ1) is 39.5. The van der Waals surface area contributed by atoms with E-state index in [9.17, 15) is 30.6 Å². The molecule has 13 heteroatoms. The fourth-order valence-electron chi connectivity index (χ4n) is 12.6. The van der Waals surface area contributed by atoms with Crippen LogP contribution < -0.4 is 5.11 Å². The van der Waals surface area contributed by atoms with E-state index in [-0.39, 0.29) is 54.0 Å². The normalized spacial score (nSPS) is 53.7. The van der Waals surface area contributed by atoms with E-state index in [1.54, 1.807) is 26.2 Å². The number of aliphatic hydroxyl groups excluding tert-OH is 4. The monoisotopic (exact) mass is 763 g/mol. The average molecular weight is 764 g/mol. The first-order valence-corrected chi connectivity index (χ1v) is 20.7. The third-order valence-corrected chi connectivity index (χ3v) is 15.7. The van der Waals surface area contributed by atoms with Crippen LogP contribution in [-0.2, 0) is 28.4 Å². The number of ether oxygens (including phenoxy) is 6. The van der Waals surface area contributed by atoms with Gasteiger partial charge in [0.2, 0.25) is 0 Å². The summed E-state index contributed by atoms with van der Waals surface area (Å²) in [6.07, 6.45) is 1.69. The summed E-state index contributed by atoms with van der Waals surface area (Å²) in [7, 11) is 0. The predicted octanol–water partition coefficient (Wildman–Crippen LogP) is 3.60. The van der Waals surface area contributed by atoms with Gasteiger partial charge >= 0.3 is 0 Å². The minimum Gasteiger partial charge on any atom is -0.587 e. The average Bonchev–Trinajstić information content (AvgIpc) is 3.66. The van der Waals surface area contributed by atoms with Crippen LogP contribution >= 0.6 is 0 Å². The minimum absolute atomic E-state index is 0.0202. The minimum atomic E-state index is -0.996. The van der Waals surface area contributed by atoms with Crippen molar-refractivity contribution in [3.63, 3.8) is 0 Å². The molecule has 13 nitrogen and oxygen atoms in total. The maximum atomic E-state index is 12.5. The lowest BCUT2D eigenvalue weighted by Gasteiger charge is -2.63. The van der Waals surface area contributed by atoms with Crippen molar-refractivity contribution in [2.45, 2.75) is 203 Å². The largest absolute Gasteiger partial charge is 0.587 e. The third kappa shape index (κ3) is 6.78. The van der Waals surface area contributed by atoms with E-state index < -0.39 is 79.4 Å². The Balaban J connectivity index is 0.828. The first-order chi connectivity index (χ1) is 25.6. The molecule has 5 N–H and O–H groups in total. The van der Waals surface area contributed by atoms with E-state index in [0.29, 0.717) is 11.8 Å². The van der Waals surface area contributed by atoms with Gasteiger partial charge in [0.05, 0.1) is 54.3 Å². The zero-order chi connectivity index (χ0) is 38.3. The molecule has 0 bridgehead atoms. The van der Waals surface area contributed by atoms with Gasteiger partial charge in [-0.3, -0.25) is 0 Å². The van der Waals surface area contributed by atoms with Crippen LogP contribution in [0, 0.1) is 28.6 Å². The van der Waals surface area contributed by atoms with E-state index >= 15 is 0 Å². The second kappa shape index (κ2) is 14.8. The van der Waals surface area contributed by atoms with Gasteiger partial charge in [0.1, 0.15) is 18.3 Å². The Bertz CT molecular complexity index is 1420. The summed E-state index contributed by atoms with van der Waals surface area (Å²) in [4.78, 5) is 0. The Kier molecular flexibility index (Phi) is 10.8. The maximum absolute atomic E-state index is 12.5. The first-order valence-electron chi connectivity index (χ1n) is 20.7. The molecule has 3 saturated heterocycles. The van der Waals surface area contributed by atoms with Crippen LogP contribution in [0.2, 0.25) is 0 Å². The number of furan rings is 1. The zero-order valence-corrected chi connectivity index (χ0v) is 32.5. The number of hydrogen-bond donors (Lipinski definition) is 5. The number of aliphatic hydroxyl groups is 5. The number of hydrogen-bond acceptors (Lipinski definition) is 13. The van der Waals surface area contributed by atoms with Gasteiger partial charge in [-0.1, -0.05) is 13.8 Å². The Morgan fingerprint density at radius 1 is 0.685 bits per heavy atom. The van der Waals surface area contributed by atoms with E-state index in [0.717, 1.165) is 63.4 Å². The highest BCUT2D eigenvalue weighted by molar-refractivity contribution is 5.29. The molecule has 4 heterocycles. The van der Waals surface area contributed by atoms with Crippen molar-refractivity contribution in [2.24, 2.45) is 28.6 Å². The predicted molar refractivity (Wildman–Crippen MR) is 190 cm³/mol. The second-order valence-electron chi connectivity index (χ2n) is 18.6. The van der Waals surface area contributed by atoms with Crippen molar-refractivity contribution in [2.75, 3.05) is 0 Å². The van der Waals surface area contributed by atoms with E-state index in [1.165, 1.54) is 0 Å². The number of rotatable bonds is 7. The molecule has 20 atom stereocenters. The van der Waals surface area contributed by atoms with Crippen LogP contribution in [0.4, 0.5) is 0 Å². The molecule has 1 aromatic rings. The molecule has 8 rings (SSSR count). The molecule has 54 heavy (non-hydrogen) atoms. The molecule has 7 aliphatic rings. The summed E-state index contributed by atoms with van der Waals surface area (Å²) in [6, 6.07) is 1.62. The highest BCUT2D eigenvalue weighted by Gasteiger charge is 2.67. The maximum Gasteiger partial charge on any atom is 0.161 e. The summed E-state index contributed by atoms with van der Waals surface area (Å²) in [5, 5.41) is 66.9. The van der Waals surface area contributed by atoms with Gasteiger partial charge in [-0.2, -0.15) is 0 Å². The topological polar surface area (TPSA) is 193 Å². The summed E-state index contributed by atoms with van der Waals surface area (Å²) in [6.45, 7) is 10.00. The van der Waals surface area contributed by atoms with E-state index in [1.807, 2.05) is 6.92 Å². The van der Waals surface area contributed by atoms with Crippen LogP contribution in [0.15, 0.2) is 16.7 Å². The van der Waals surface area contributed by atoms with Gasteiger partial charge in [-0.05, 0) is 126 Å². The Morgan fingerprint density at radius 2 is 1.30 bits per heavy atom. The fraction of sp³-hybridized carbons (Fsp3) is 0.902. The molecule has 0 spiro atoms. The van der Waals surface area contributed by atoms with Crippen molar-refractivity contribution in [3.8, 4) is 5.95 Å². The second-order valence-corrected chi connectivity index (χ2v) is 18.6. The fourth-order valence-corrected chi connectivity index (χ4v) is 12.6. The van der Waals surface area contributed by atoms with Gasteiger partial charge in [0, 0.05) is 24.7 Å². The van der Waals surface area contributed by atoms with Crippen molar-refractivity contribution in [1.82, 2.24) is 0 Å². The lowest BCUT2D eigenvalue weighted by Crippen LogP contribution is -2.62. The molecule has 0 aromatic carbocycles. The lowest BCUT2D eigenvalue weighted by atomic mass is 9.43. The van der Waals surface area contributed by atoms with Crippen molar-refractivity contribution < 1.29 is 63.5 Å². The highest BCUT2D eigenvalue weighted by atomic mass is 16.7. The molecule has 4 aliphatic carbocycles. The Labute approximate surface area is 318 Å². The van der Waals surface area contributed by atoms with Crippen LogP contribution in [0.3, 0.4) is 0 Å². The molecule has 0 radical (unpaired) electrons. The SMILES string of the molecule is C[C@H]1O[C@@H](O[C@H]2[C@@H](O)C[C@H](O[C@H]3[C@@H](O)C[C@H](O[C@H]4CC[C@@]5(C)[C@H](CC[C@@H]6[C@@H]5CC[C@]5(C)[C@@H](c7coc([O-])c7)CC[C@]65O)C4)O[C@@H]3C)O[C@@H]2C)C[C@H](O)[C@@H]1O. The van der Waals surface area contributed by atoms with Gasteiger partial charge < -0.3 is 63.5 Å². The standard InChI is InChI=1S/C41H64O13/c1-20-36(46)29(42)16-34(49-20)53-38-22(3)51-35(18-31(38)44)54-37-21(2)50-33(17-30(37)43)52-25-8-11-39(4)24(15-25)6-7-28-27(39)9-12-40(5)26(10-13-41(28,40)47)23-14-32(45)48-19-23/h14,19-22,24-31,33-38,42-47H,6-13,15-18H2,1-5H3/p-1/t20-,21-,22-,24-,25+,26-,27+,28-,29+,30+,31+,33+,34+,35+,36-,37-,38-,39+,40-,41+/m1/s1. The quantitative estimate of drug-likeness (QED) is 0.254. The van der Waals surface area contributed by atoms with Crippen LogP contribution in [0.5, 0.6) is 5.95 Å². The molecule has 306 valence electrons. The smallest absolute Gasteiger partial charge is 0.161 e. The van der Waals surface area contributed by atoms with Crippen molar-refractivity contribution >= 4 is 0 Å². The molecule has 7 fully saturated rings. The molecule has 1 aromatic heterocycles. The van der Waals surface area contributed by atoms with E-state index in [2.05, 4.69) is 13.8 Å². The zero-order valence-electron chi connectivity index (χ0n) is 32.5.